The van der Waals surface area contributed by atoms with Crippen LogP contribution in [0.15, 0.2) is 30.3 Å². The van der Waals surface area contributed by atoms with E-state index in [1.165, 1.54) is 23.8 Å². The number of methoxy groups -OCH3 is 4. The van der Waals surface area contributed by atoms with E-state index >= 15 is 0 Å². The zero-order valence-electron chi connectivity index (χ0n) is 18.5. The molecule has 0 amide bonds. The molecule has 3 aromatic carbocycles. The van der Waals surface area contributed by atoms with Crippen LogP contribution in [0.25, 0.3) is 21.9 Å². The highest BCUT2D eigenvalue weighted by Gasteiger charge is 2.35. The summed E-state index contributed by atoms with van der Waals surface area (Å²) in [7, 11) is 8.83. The molecule has 0 spiro atoms. The highest BCUT2D eigenvalue weighted by Crippen LogP contribution is 2.57. The maximum absolute atomic E-state index is 5.80. The lowest BCUT2D eigenvalue weighted by molar-refractivity contribution is 0.351. The van der Waals surface area contributed by atoms with Crippen molar-refractivity contribution in [2.24, 2.45) is 0 Å². The molecule has 162 valence electrons. The van der Waals surface area contributed by atoms with Gasteiger partial charge in [-0.15, -0.1) is 12.6 Å². The number of anilines is 1. The first-order chi connectivity index (χ1) is 15.0. The molecule has 2 aliphatic rings. The molecule has 1 aliphatic carbocycles. The van der Waals surface area contributed by atoms with Crippen LogP contribution in [-0.4, -0.2) is 35.5 Å². The third kappa shape index (κ3) is 2.84. The normalized spacial score (nSPS) is 17.2. The zero-order chi connectivity index (χ0) is 21.9. The number of rotatable bonds is 5. The molecule has 1 atom stereocenters. The van der Waals surface area contributed by atoms with Crippen LogP contribution in [0.1, 0.15) is 35.3 Å². The van der Waals surface area contributed by atoms with Crippen LogP contribution < -0.4 is 23.8 Å². The van der Waals surface area contributed by atoms with Crippen molar-refractivity contribution >= 4 is 29.1 Å². The van der Waals surface area contributed by atoms with Gasteiger partial charge in [-0.3, -0.25) is 0 Å². The summed E-state index contributed by atoms with van der Waals surface area (Å²) in [4.78, 5) is 2.20. The third-order valence-electron chi connectivity index (χ3n) is 6.51. The lowest BCUT2D eigenvalue weighted by Gasteiger charge is -2.37. The maximum Gasteiger partial charge on any atom is 0.167 e. The molecule has 5 nitrogen and oxygen atoms in total. The number of hydrogen-bond donors (Lipinski definition) is 1. The summed E-state index contributed by atoms with van der Waals surface area (Å²) in [5.74, 6) is 3.57. The highest BCUT2D eigenvalue weighted by atomic mass is 32.1. The lowest BCUT2D eigenvalue weighted by atomic mass is 9.88. The summed E-state index contributed by atoms with van der Waals surface area (Å²) >= 11 is 5.00. The van der Waals surface area contributed by atoms with Crippen molar-refractivity contribution in [1.82, 2.24) is 0 Å². The quantitative estimate of drug-likeness (QED) is 0.511. The molecule has 31 heavy (non-hydrogen) atoms. The summed E-state index contributed by atoms with van der Waals surface area (Å²) in [6.07, 6.45) is 2.36. The van der Waals surface area contributed by atoms with Crippen molar-refractivity contribution in [2.75, 3.05) is 40.4 Å². The number of hydrogen-bond acceptors (Lipinski definition) is 6. The van der Waals surface area contributed by atoms with E-state index < -0.39 is 0 Å². The molecular formula is C25H27NO4S. The summed E-state index contributed by atoms with van der Waals surface area (Å²) in [6, 6.07) is 10.6. The molecule has 1 unspecified atom stereocenters. The van der Waals surface area contributed by atoms with Crippen LogP contribution >= 0.6 is 12.6 Å². The van der Waals surface area contributed by atoms with E-state index in [1.54, 1.807) is 28.4 Å². The van der Waals surface area contributed by atoms with E-state index in [4.69, 9.17) is 31.6 Å². The van der Waals surface area contributed by atoms with E-state index in [2.05, 4.69) is 36.2 Å². The first-order valence-corrected chi connectivity index (χ1v) is 10.9. The van der Waals surface area contributed by atoms with E-state index in [9.17, 15) is 0 Å². The van der Waals surface area contributed by atoms with E-state index in [0.717, 1.165) is 45.0 Å². The van der Waals surface area contributed by atoms with Crippen LogP contribution in [0.5, 0.6) is 23.0 Å². The molecule has 0 radical (unpaired) electrons. The third-order valence-corrected chi connectivity index (χ3v) is 7.12. The van der Waals surface area contributed by atoms with Crippen molar-refractivity contribution in [3.8, 4) is 34.1 Å². The summed E-state index contributed by atoms with van der Waals surface area (Å²) in [5.41, 5.74) is 5.66. The van der Waals surface area contributed by atoms with Crippen molar-refractivity contribution in [1.29, 1.82) is 0 Å². The van der Waals surface area contributed by atoms with E-state index in [0.29, 0.717) is 11.7 Å². The number of benzene rings is 3. The maximum atomic E-state index is 5.80. The van der Waals surface area contributed by atoms with Crippen molar-refractivity contribution in [2.45, 2.75) is 24.1 Å². The minimum Gasteiger partial charge on any atom is -0.493 e. The second-order valence-electron chi connectivity index (χ2n) is 8.10. The van der Waals surface area contributed by atoms with Gasteiger partial charge in [-0.1, -0.05) is 12.1 Å². The van der Waals surface area contributed by atoms with Gasteiger partial charge in [0.25, 0.3) is 0 Å². The first-order valence-electron chi connectivity index (χ1n) is 10.4. The molecule has 1 saturated carbocycles. The smallest absolute Gasteiger partial charge is 0.167 e. The van der Waals surface area contributed by atoms with Gasteiger partial charge in [0.1, 0.15) is 5.37 Å². The predicted molar refractivity (Wildman–Crippen MR) is 128 cm³/mol. The molecule has 0 aromatic heterocycles. The Bertz CT molecular complexity index is 1190. The van der Waals surface area contributed by atoms with Crippen LogP contribution in [0, 0.1) is 0 Å². The number of thiol groups is 1. The van der Waals surface area contributed by atoms with Crippen molar-refractivity contribution in [3.05, 3.63) is 41.5 Å². The Morgan fingerprint density at radius 2 is 1.42 bits per heavy atom. The Labute approximate surface area is 188 Å². The SMILES string of the molecule is COc1ccc2c(c1OC)C(S)N(C)c1c-2ccc2c(C3CC3)c(OC)c(OC)cc12. The topological polar surface area (TPSA) is 40.2 Å². The Morgan fingerprint density at radius 1 is 0.774 bits per heavy atom. The van der Waals surface area contributed by atoms with Crippen molar-refractivity contribution < 1.29 is 18.9 Å². The Morgan fingerprint density at radius 3 is 2.03 bits per heavy atom. The standard InChI is InChI=1S/C25H27NO4S/c1-26-22-16(14-10-11-18(27-2)23(29-4)21(14)25(26)31)9-8-15-17(22)12-19(28-3)24(30-5)20(15)13-6-7-13/h8-13,25,31H,6-7H2,1-5H3. The van der Waals surface area contributed by atoms with Crippen LogP contribution in [0.2, 0.25) is 0 Å². The van der Waals surface area contributed by atoms with Gasteiger partial charge in [0, 0.05) is 29.1 Å². The zero-order valence-corrected chi connectivity index (χ0v) is 19.4. The first kappa shape index (κ1) is 20.2. The predicted octanol–water partition coefficient (Wildman–Crippen LogP) is 5.80. The lowest BCUT2D eigenvalue weighted by Crippen LogP contribution is -2.25. The van der Waals surface area contributed by atoms with Gasteiger partial charge in [-0.25, -0.2) is 0 Å². The van der Waals surface area contributed by atoms with Gasteiger partial charge in [0.15, 0.2) is 23.0 Å². The molecule has 1 fully saturated rings. The van der Waals surface area contributed by atoms with Gasteiger partial charge < -0.3 is 23.8 Å². The number of fused-ring (bicyclic) bond motifs is 5. The van der Waals surface area contributed by atoms with E-state index in [1.807, 2.05) is 6.07 Å². The fourth-order valence-electron chi connectivity index (χ4n) is 4.94. The minimum absolute atomic E-state index is 0.185. The molecule has 1 aliphatic heterocycles. The van der Waals surface area contributed by atoms with Gasteiger partial charge in [0.2, 0.25) is 0 Å². The van der Waals surface area contributed by atoms with Gasteiger partial charge in [0.05, 0.1) is 34.1 Å². The minimum atomic E-state index is -0.185. The molecular weight excluding hydrogens is 410 g/mol. The molecule has 1 heterocycles. The second-order valence-corrected chi connectivity index (χ2v) is 8.59. The summed E-state index contributed by atoms with van der Waals surface area (Å²) in [5, 5.41) is 2.19. The second kappa shape index (κ2) is 7.45. The van der Waals surface area contributed by atoms with Crippen LogP contribution in [0.3, 0.4) is 0 Å². The van der Waals surface area contributed by atoms with E-state index in [-0.39, 0.29) is 5.37 Å². The summed E-state index contributed by atoms with van der Waals surface area (Å²) < 4.78 is 22.8. The number of ether oxygens (including phenoxy) is 4. The molecule has 5 rings (SSSR count). The molecule has 6 heteroatoms. The van der Waals surface area contributed by atoms with Crippen LogP contribution in [-0.2, 0) is 0 Å². The Balaban J connectivity index is 1.86. The van der Waals surface area contributed by atoms with Crippen molar-refractivity contribution in [3.63, 3.8) is 0 Å². The molecule has 0 bridgehead atoms. The van der Waals surface area contributed by atoms with Gasteiger partial charge in [-0.05, 0) is 47.9 Å². The monoisotopic (exact) mass is 437 g/mol. The summed E-state index contributed by atoms with van der Waals surface area (Å²) in [6.45, 7) is 0. The number of nitrogens with zero attached hydrogens (tertiary/aromatic N) is 1. The van der Waals surface area contributed by atoms with Crippen LogP contribution in [0.4, 0.5) is 5.69 Å². The molecule has 0 saturated heterocycles. The Hall–Kier alpha value is -2.73. The Kier molecular flexibility index (Phi) is 4.85. The average Bonchev–Trinajstić information content (AvgIpc) is 3.64. The largest absolute Gasteiger partial charge is 0.493 e. The average molecular weight is 438 g/mol. The molecule has 0 N–H and O–H groups in total. The highest BCUT2D eigenvalue weighted by molar-refractivity contribution is 7.80. The molecule has 3 aromatic rings. The van der Waals surface area contributed by atoms with Gasteiger partial charge >= 0.3 is 0 Å². The fraction of sp³-hybridized carbons (Fsp3) is 0.360. The van der Waals surface area contributed by atoms with Gasteiger partial charge in [-0.2, -0.15) is 0 Å². The fourth-order valence-corrected chi connectivity index (χ4v) is 5.31.